The number of anilines is 1. The van der Waals surface area contributed by atoms with Gasteiger partial charge in [0.25, 0.3) is 0 Å². The Kier molecular flexibility index (Phi) is 5.63. The highest BCUT2D eigenvalue weighted by atomic mass is 32.2. The number of hydrazone groups is 1. The topological polar surface area (TPSA) is 28.0 Å². The van der Waals surface area contributed by atoms with Gasteiger partial charge in [-0.2, -0.15) is 5.10 Å². The van der Waals surface area contributed by atoms with Gasteiger partial charge in [-0.25, -0.2) is 10.0 Å². The minimum Gasteiger partial charge on any atom is -0.223 e. The van der Waals surface area contributed by atoms with Gasteiger partial charge in [0.05, 0.1) is 17.1 Å². The molecule has 0 fully saturated rings. The Hall–Kier alpha value is -3.63. The monoisotopic (exact) mass is 419 g/mol. The molecule has 0 aliphatic carbocycles. The summed E-state index contributed by atoms with van der Waals surface area (Å²) in [5.74, 6) is 0.777. The van der Waals surface area contributed by atoms with Crippen LogP contribution in [0.4, 0.5) is 11.4 Å². The van der Waals surface area contributed by atoms with E-state index in [4.69, 9.17) is 10.1 Å². The van der Waals surface area contributed by atoms with E-state index in [1.165, 1.54) is 11.1 Å². The maximum absolute atomic E-state index is 5.00. The highest BCUT2D eigenvalue weighted by molar-refractivity contribution is 8.14. The van der Waals surface area contributed by atoms with Crippen LogP contribution in [0.5, 0.6) is 0 Å². The maximum Gasteiger partial charge on any atom is 0.190 e. The molecule has 1 aliphatic rings. The van der Waals surface area contributed by atoms with Crippen LogP contribution in [0, 0.1) is 0 Å². The van der Waals surface area contributed by atoms with Crippen LogP contribution in [0.3, 0.4) is 0 Å². The van der Waals surface area contributed by atoms with Crippen LogP contribution in [0.1, 0.15) is 5.56 Å². The standard InChI is InChI=1S/C27H21N3S/c1-4-10-21(11-5-1)22-16-18-23(19-17-22)26-20-31-27(28-24-12-6-2-7-13-24)30(29-26)25-14-8-3-9-15-25/h1-19H,20H2. The number of aliphatic imine (C=N–C) groups is 1. The van der Waals surface area contributed by atoms with Gasteiger partial charge in [-0.3, -0.25) is 0 Å². The minimum atomic E-state index is 0.777. The first-order valence-electron chi connectivity index (χ1n) is 10.2. The predicted octanol–water partition coefficient (Wildman–Crippen LogP) is 7.00. The predicted molar refractivity (Wildman–Crippen MR) is 133 cm³/mol. The molecule has 1 heterocycles. The third-order valence-corrected chi connectivity index (χ3v) is 5.99. The fourth-order valence-electron chi connectivity index (χ4n) is 3.44. The first-order valence-corrected chi connectivity index (χ1v) is 11.2. The number of thioether (sulfide) groups is 1. The van der Waals surface area contributed by atoms with Crippen molar-refractivity contribution in [3.8, 4) is 11.1 Å². The molecule has 0 aromatic heterocycles. The fraction of sp³-hybridized carbons (Fsp3) is 0.0370. The van der Waals surface area contributed by atoms with Crippen molar-refractivity contribution >= 4 is 34.0 Å². The van der Waals surface area contributed by atoms with Crippen LogP contribution in [0.15, 0.2) is 125 Å². The summed E-state index contributed by atoms with van der Waals surface area (Å²) in [7, 11) is 0. The zero-order chi connectivity index (χ0) is 20.9. The maximum atomic E-state index is 5.00. The van der Waals surface area contributed by atoms with Crippen molar-refractivity contribution in [3.05, 3.63) is 121 Å². The molecule has 0 saturated heterocycles. The summed E-state index contributed by atoms with van der Waals surface area (Å²) in [6, 6.07) is 39.3. The Morgan fingerprint density at radius 2 is 1.16 bits per heavy atom. The van der Waals surface area contributed by atoms with E-state index in [0.717, 1.165) is 33.6 Å². The first kappa shape index (κ1) is 19.3. The van der Waals surface area contributed by atoms with Gasteiger partial charge < -0.3 is 0 Å². The van der Waals surface area contributed by atoms with E-state index in [0.29, 0.717) is 0 Å². The quantitative estimate of drug-likeness (QED) is 0.356. The minimum absolute atomic E-state index is 0.777. The molecule has 150 valence electrons. The van der Waals surface area contributed by atoms with Crippen LogP contribution < -0.4 is 5.01 Å². The summed E-state index contributed by atoms with van der Waals surface area (Å²) in [5.41, 5.74) is 6.53. The van der Waals surface area contributed by atoms with Crippen LogP contribution in [0.2, 0.25) is 0 Å². The van der Waals surface area contributed by atoms with E-state index in [1.54, 1.807) is 11.8 Å². The number of hydrogen-bond donors (Lipinski definition) is 0. The van der Waals surface area contributed by atoms with Crippen LogP contribution in [0.25, 0.3) is 11.1 Å². The Bertz CT molecular complexity index is 1200. The number of nitrogens with zero attached hydrogens (tertiary/aromatic N) is 3. The molecule has 1 aliphatic heterocycles. The normalized spacial score (nSPS) is 15.0. The van der Waals surface area contributed by atoms with Crippen molar-refractivity contribution in [1.29, 1.82) is 0 Å². The van der Waals surface area contributed by atoms with Crippen molar-refractivity contribution in [1.82, 2.24) is 0 Å². The molecule has 0 saturated carbocycles. The van der Waals surface area contributed by atoms with E-state index in [9.17, 15) is 0 Å². The molecule has 0 spiro atoms. The molecule has 0 bridgehead atoms. The zero-order valence-corrected chi connectivity index (χ0v) is 17.7. The van der Waals surface area contributed by atoms with E-state index >= 15 is 0 Å². The number of para-hydroxylation sites is 2. The van der Waals surface area contributed by atoms with Gasteiger partial charge in [0, 0.05) is 5.75 Å². The van der Waals surface area contributed by atoms with E-state index in [2.05, 4.69) is 60.7 Å². The summed E-state index contributed by atoms with van der Waals surface area (Å²) in [5, 5.41) is 7.82. The third kappa shape index (κ3) is 4.44. The Morgan fingerprint density at radius 1 is 0.613 bits per heavy atom. The second-order valence-corrected chi connectivity index (χ2v) is 8.10. The van der Waals surface area contributed by atoms with E-state index in [-0.39, 0.29) is 0 Å². The van der Waals surface area contributed by atoms with Gasteiger partial charge in [0.1, 0.15) is 0 Å². The molecule has 4 aromatic carbocycles. The second-order valence-electron chi connectivity index (χ2n) is 7.16. The number of benzene rings is 4. The lowest BCUT2D eigenvalue weighted by Crippen LogP contribution is -2.30. The molecule has 0 N–H and O–H groups in total. The average Bonchev–Trinajstić information content (AvgIpc) is 2.86. The van der Waals surface area contributed by atoms with Gasteiger partial charge in [-0.05, 0) is 41.0 Å². The molecular weight excluding hydrogens is 398 g/mol. The Morgan fingerprint density at radius 3 is 1.84 bits per heavy atom. The van der Waals surface area contributed by atoms with E-state index in [1.807, 2.05) is 59.6 Å². The molecular formula is C27H21N3S. The van der Waals surface area contributed by atoms with Gasteiger partial charge >= 0.3 is 0 Å². The van der Waals surface area contributed by atoms with E-state index < -0.39 is 0 Å². The zero-order valence-electron chi connectivity index (χ0n) is 16.9. The SMILES string of the molecule is c1ccc(N=C2SCC(c3ccc(-c4ccccc4)cc3)=NN2c2ccccc2)cc1. The van der Waals surface area contributed by atoms with Crippen molar-refractivity contribution in [2.75, 3.05) is 10.8 Å². The van der Waals surface area contributed by atoms with Gasteiger partial charge in [-0.15, -0.1) is 0 Å². The first-order chi connectivity index (χ1) is 15.4. The van der Waals surface area contributed by atoms with Gasteiger partial charge in [-0.1, -0.05) is 103 Å². The molecule has 3 nitrogen and oxygen atoms in total. The van der Waals surface area contributed by atoms with Crippen LogP contribution >= 0.6 is 11.8 Å². The highest BCUT2D eigenvalue weighted by Gasteiger charge is 2.22. The molecule has 31 heavy (non-hydrogen) atoms. The Balaban J connectivity index is 1.49. The number of rotatable bonds is 4. The van der Waals surface area contributed by atoms with Crippen molar-refractivity contribution in [2.45, 2.75) is 0 Å². The molecule has 4 heteroatoms. The van der Waals surface area contributed by atoms with Gasteiger partial charge in [0.15, 0.2) is 5.17 Å². The lowest BCUT2D eigenvalue weighted by Gasteiger charge is -2.26. The average molecular weight is 420 g/mol. The number of amidine groups is 1. The second kappa shape index (κ2) is 9.02. The summed E-state index contributed by atoms with van der Waals surface area (Å²) in [6.07, 6.45) is 0. The fourth-order valence-corrected chi connectivity index (χ4v) is 4.37. The molecule has 4 aromatic rings. The molecule has 0 atom stereocenters. The molecule has 5 rings (SSSR count). The van der Waals surface area contributed by atoms with Crippen molar-refractivity contribution in [2.24, 2.45) is 10.1 Å². The summed E-state index contributed by atoms with van der Waals surface area (Å²) in [4.78, 5) is 4.86. The molecule has 0 radical (unpaired) electrons. The summed E-state index contributed by atoms with van der Waals surface area (Å²) >= 11 is 1.71. The third-order valence-electron chi connectivity index (χ3n) is 5.05. The number of hydrogen-bond acceptors (Lipinski definition) is 3. The lowest BCUT2D eigenvalue weighted by molar-refractivity contribution is 1.13. The highest BCUT2D eigenvalue weighted by Crippen LogP contribution is 2.29. The van der Waals surface area contributed by atoms with Crippen molar-refractivity contribution < 1.29 is 0 Å². The summed E-state index contributed by atoms with van der Waals surface area (Å²) in [6.45, 7) is 0. The lowest BCUT2D eigenvalue weighted by atomic mass is 10.0. The van der Waals surface area contributed by atoms with Crippen LogP contribution in [-0.2, 0) is 0 Å². The molecule has 0 unspecified atom stereocenters. The summed E-state index contributed by atoms with van der Waals surface area (Å²) < 4.78 is 0. The van der Waals surface area contributed by atoms with Crippen LogP contribution in [-0.4, -0.2) is 16.6 Å². The largest absolute Gasteiger partial charge is 0.223 e. The Labute approximate surface area is 186 Å². The van der Waals surface area contributed by atoms with Crippen molar-refractivity contribution in [3.63, 3.8) is 0 Å². The molecule has 0 amide bonds. The smallest absolute Gasteiger partial charge is 0.190 e. The van der Waals surface area contributed by atoms with Gasteiger partial charge in [0.2, 0.25) is 0 Å².